The van der Waals surface area contributed by atoms with Crippen LogP contribution in [0, 0.1) is 17.0 Å². The summed E-state index contributed by atoms with van der Waals surface area (Å²) >= 11 is 0. The molecule has 1 amide bonds. The van der Waals surface area contributed by atoms with E-state index >= 15 is 0 Å². The van der Waals surface area contributed by atoms with Crippen LogP contribution in [0.4, 0.5) is 14.5 Å². The number of amides is 1. The number of anilines is 1. The number of nitrogens with one attached hydrogen (secondary N) is 1. The first-order valence-electron chi connectivity index (χ1n) is 6.42. The molecule has 5 N–H and O–H groups in total. The van der Waals surface area contributed by atoms with Gasteiger partial charge in [0.25, 0.3) is 10.1 Å². The van der Waals surface area contributed by atoms with Crippen molar-refractivity contribution >= 4 is 27.7 Å². The van der Waals surface area contributed by atoms with Crippen LogP contribution in [0.1, 0.15) is 10.6 Å². The SMILES string of the molecule is CS(=O)(=O)ON(C(=N)N)C(=O)c1oc(-c2cc(F)ccc2F)cc1N. The molecule has 0 aliphatic rings. The number of nitrogens with two attached hydrogens (primary N) is 2. The fourth-order valence-electron chi connectivity index (χ4n) is 1.80. The van der Waals surface area contributed by atoms with Gasteiger partial charge in [0, 0.05) is 6.07 Å². The van der Waals surface area contributed by atoms with Gasteiger partial charge in [-0.1, -0.05) is 0 Å². The Morgan fingerprint density at radius 3 is 2.52 bits per heavy atom. The maximum absolute atomic E-state index is 13.8. The van der Waals surface area contributed by atoms with Gasteiger partial charge < -0.3 is 15.9 Å². The lowest BCUT2D eigenvalue weighted by molar-refractivity contribution is 0.0174. The second kappa shape index (κ2) is 6.49. The maximum Gasteiger partial charge on any atom is 0.323 e. The van der Waals surface area contributed by atoms with Gasteiger partial charge >= 0.3 is 5.91 Å². The number of nitrogen functional groups attached to an aromatic ring is 1. The van der Waals surface area contributed by atoms with Gasteiger partial charge in [-0.15, -0.1) is 9.35 Å². The van der Waals surface area contributed by atoms with E-state index in [9.17, 15) is 22.0 Å². The van der Waals surface area contributed by atoms with Gasteiger partial charge in [-0.3, -0.25) is 10.2 Å². The van der Waals surface area contributed by atoms with Crippen molar-refractivity contribution in [1.82, 2.24) is 5.06 Å². The van der Waals surface area contributed by atoms with Crippen molar-refractivity contribution in [1.29, 1.82) is 5.41 Å². The van der Waals surface area contributed by atoms with E-state index < -0.39 is 39.4 Å². The fraction of sp³-hybridized carbons (Fsp3) is 0.0769. The Morgan fingerprint density at radius 2 is 1.96 bits per heavy atom. The number of hydrogen-bond donors (Lipinski definition) is 3. The van der Waals surface area contributed by atoms with Crippen molar-refractivity contribution in [3.63, 3.8) is 0 Å². The molecule has 1 aromatic heterocycles. The molecule has 1 heterocycles. The monoisotopic (exact) mass is 374 g/mol. The van der Waals surface area contributed by atoms with E-state index in [1.165, 1.54) is 0 Å². The first-order valence-corrected chi connectivity index (χ1v) is 8.24. The molecule has 0 radical (unpaired) electrons. The van der Waals surface area contributed by atoms with E-state index in [4.69, 9.17) is 21.3 Å². The van der Waals surface area contributed by atoms with Crippen molar-refractivity contribution in [3.8, 4) is 11.3 Å². The molecule has 0 saturated carbocycles. The average Bonchev–Trinajstić information content (AvgIpc) is 2.87. The largest absolute Gasteiger partial charge is 0.448 e. The van der Waals surface area contributed by atoms with Crippen LogP contribution in [-0.2, 0) is 14.4 Å². The third kappa shape index (κ3) is 4.10. The topological polar surface area (TPSA) is 153 Å². The van der Waals surface area contributed by atoms with Crippen LogP contribution < -0.4 is 11.5 Å². The lowest BCUT2D eigenvalue weighted by atomic mass is 10.1. The highest BCUT2D eigenvalue weighted by Crippen LogP contribution is 2.30. The van der Waals surface area contributed by atoms with Gasteiger partial charge in [0.15, 0.2) is 0 Å². The molecule has 25 heavy (non-hydrogen) atoms. The van der Waals surface area contributed by atoms with Gasteiger partial charge in [-0.2, -0.15) is 8.42 Å². The number of guanidine groups is 1. The summed E-state index contributed by atoms with van der Waals surface area (Å²) < 4.78 is 58.7. The molecule has 0 atom stereocenters. The molecule has 2 rings (SSSR count). The van der Waals surface area contributed by atoms with Crippen LogP contribution >= 0.6 is 0 Å². The predicted molar refractivity (Wildman–Crippen MR) is 82.5 cm³/mol. The van der Waals surface area contributed by atoms with Gasteiger partial charge in [-0.25, -0.2) is 8.78 Å². The molecule has 1 aromatic carbocycles. The second-order valence-corrected chi connectivity index (χ2v) is 6.34. The number of carbonyl (C=O) groups excluding carboxylic acids is 1. The molecule has 12 heteroatoms. The highest BCUT2D eigenvalue weighted by Gasteiger charge is 2.29. The molecule has 2 aromatic rings. The molecule has 0 saturated heterocycles. The van der Waals surface area contributed by atoms with Crippen molar-refractivity contribution in [2.24, 2.45) is 5.73 Å². The van der Waals surface area contributed by atoms with Gasteiger partial charge in [-0.05, 0) is 18.2 Å². The highest BCUT2D eigenvalue weighted by atomic mass is 32.2. The summed E-state index contributed by atoms with van der Waals surface area (Å²) in [4.78, 5) is 12.3. The quantitative estimate of drug-likeness (QED) is 0.410. The molecule has 0 spiro atoms. The second-order valence-electron chi connectivity index (χ2n) is 4.78. The lowest BCUT2D eigenvalue weighted by Gasteiger charge is -2.16. The number of furan rings is 1. The summed E-state index contributed by atoms with van der Waals surface area (Å²) in [5.41, 5.74) is 10.1. The molecule has 0 bridgehead atoms. The molecule has 0 aliphatic heterocycles. The Labute approximate surface area is 140 Å². The van der Waals surface area contributed by atoms with E-state index in [-0.39, 0.29) is 22.1 Å². The van der Waals surface area contributed by atoms with Crippen molar-refractivity contribution in [3.05, 3.63) is 41.7 Å². The average molecular weight is 374 g/mol. The van der Waals surface area contributed by atoms with E-state index in [2.05, 4.69) is 4.28 Å². The van der Waals surface area contributed by atoms with Gasteiger partial charge in [0.1, 0.15) is 17.4 Å². The van der Waals surface area contributed by atoms with E-state index in [1.807, 2.05) is 0 Å². The Morgan fingerprint density at radius 1 is 1.32 bits per heavy atom. The standard InChI is InChI=1S/C13H12F2N4O5S/c1-25(21,22)24-19(13(17)18)12(20)11-9(16)5-10(23-11)7-4-6(14)2-3-8(7)15/h2-5H,16H2,1H3,(H3,17,18). The number of carbonyl (C=O) groups is 1. The first kappa shape index (κ1) is 18.4. The lowest BCUT2D eigenvalue weighted by Crippen LogP contribution is -2.42. The molecule has 0 fully saturated rings. The van der Waals surface area contributed by atoms with Crippen LogP contribution in [0.5, 0.6) is 0 Å². The van der Waals surface area contributed by atoms with E-state index in [0.29, 0.717) is 6.26 Å². The third-order valence-corrected chi connectivity index (χ3v) is 3.18. The van der Waals surface area contributed by atoms with Crippen LogP contribution in [0.25, 0.3) is 11.3 Å². The smallest absolute Gasteiger partial charge is 0.323 e. The third-order valence-electron chi connectivity index (χ3n) is 2.76. The maximum atomic E-state index is 13.8. The van der Waals surface area contributed by atoms with E-state index in [1.54, 1.807) is 0 Å². The summed E-state index contributed by atoms with van der Waals surface area (Å²) in [6.45, 7) is 0. The van der Waals surface area contributed by atoms with Crippen LogP contribution in [0.2, 0.25) is 0 Å². The van der Waals surface area contributed by atoms with Gasteiger partial charge in [0.05, 0.1) is 17.5 Å². The molecule has 134 valence electrons. The number of benzene rings is 1. The number of halogens is 2. The number of hydroxylamine groups is 2. The van der Waals surface area contributed by atoms with Crippen molar-refractivity contribution in [2.75, 3.05) is 12.0 Å². The molecular weight excluding hydrogens is 362 g/mol. The highest BCUT2D eigenvalue weighted by molar-refractivity contribution is 7.85. The first-order chi connectivity index (χ1) is 11.5. The minimum absolute atomic E-state index is 0.0732. The summed E-state index contributed by atoms with van der Waals surface area (Å²) in [6, 6.07) is 3.58. The zero-order valence-electron chi connectivity index (χ0n) is 12.6. The minimum Gasteiger partial charge on any atom is -0.448 e. The van der Waals surface area contributed by atoms with Crippen LogP contribution in [-0.4, -0.2) is 31.6 Å². The molecule has 9 nitrogen and oxygen atoms in total. The van der Waals surface area contributed by atoms with Gasteiger partial charge in [0.2, 0.25) is 11.7 Å². The number of nitrogens with zero attached hydrogens (tertiary/aromatic N) is 1. The Kier molecular flexibility index (Phi) is 4.76. The molecular formula is C13H12F2N4O5S. The fourth-order valence-corrected chi connectivity index (χ4v) is 2.22. The van der Waals surface area contributed by atoms with Crippen molar-refractivity contribution in [2.45, 2.75) is 0 Å². The molecule has 0 unspecified atom stereocenters. The summed E-state index contributed by atoms with van der Waals surface area (Å²) in [5, 5.41) is 7.14. The number of hydrogen-bond acceptors (Lipinski definition) is 7. The van der Waals surface area contributed by atoms with E-state index in [0.717, 1.165) is 24.3 Å². The Bertz CT molecular complexity index is 957. The zero-order chi connectivity index (χ0) is 18.9. The molecule has 0 aliphatic carbocycles. The minimum atomic E-state index is -4.20. The normalized spacial score (nSPS) is 11.3. The zero-order valence-corrected chi connectivity index (χ0v) is 13.4. The summed E-state index contributed by atoms with van der Waals surface area (Å²) in [5.74, 6) is -4.95. The summed E-state index contributed by atoms with van der Waals surface area (Å²) in [7, 11) is -4.20. The summed E-state index contributed by atoms with van der Waals surface area (Å²) in [6.07, 6.45) is 0.620. The van der Waals surface area contributed by atoms with Crippen molar-refractivity contribution < 1.29 is 30.7 Å². The predicted octanol–water partition coefficient (Wildman–Crippen LogP) is 1.03. The van der Waals surface area contributed by atoms with Crippen LogP contribution in [0.15, 0.2) is 28.7 Å². The number of rotatable bonds is 4. The Hall–Kier alpha value is -2.99. The van der Waals surface area contributed by atoms with Crippen LogP contribution in [0.3, 0.4) is 0 Å². The Balaban J connectivity index is 2.46.